The van der Waals surface area contributed by atoms with Gasteiger partial charge in [0, 0.05) is 55.7 Å². The molecule has 0 aliphatic rings. The molecule has 2 heterocycles. The van der Waals surface area contributed by atoms with E-state index in [2.05, 4.69) is 230 Å². The zero-order chi connectivity index (χ0) is 42.9. The molecule has 5 heteroatoms. The van der Waals surface area contributed by atoms with Gasteiger partial charge in [0.25, 0.3) is 0 Å². The van der Waals surface area contributed by atoms with E-state index in [1.165, 1.54) is 21.3 Å². The molecule has 12 rings (SSSR count). The number of benzene rings is 10. The van der Waals surface area contributed by atoms with Crippen molar-refractivity contribution < 1.29 is 8.83 Å². The molecule has 0 atom stereocenters. The fraction of sp³-hybridized carbons (Fsp3) is 0.0508. The summed E-state index contributed by atoms with van der Waals surface area (Å²) in [5.74, 6) is 0. The topological polar surface area (TPSA) is 32.8 Å². The van der Waals surface area contributed by atoms with Crippen LogP contribution in [-0.2, 0) is 0 Å². The van der Waals surface area contributed by atoms with Crippen molar-refractivity contribution >= 4 is 113 Å². The van der Waals surface area contributed by atoms with Crippen LogP contribution in [0.15, 0.2) is 221 Å². The average molecular weight is 841 g/mol. The summed E-state index contributed by atoms with van der Waals surface area (Å²) < 4.78 is 13.6. The van der Waals surface area contributed by atoms with E-state index in [1.54, 1.807) is 0 Å². The lowest BCUT2D eigenvalue weighted by atomic mass is 9.94. The van der Waals surface area contributed by atoms with E-state index in [0.717, 1.165) is 94.5 Å². The number of furan rings is 2. The molecular weight excluding hydrogens is 797 g/mol. The van der Waals surface area contributed by atoms with Crippen LogP contribution >= 0.6 is 0 Å². The Kier molecular flexibility index (Phi) is 8.82. The monoisotopic (exact) mass is 840 g/mol. The van der Waals surface area contributed by atoms with Gasteiger partial charge in [0.1, 0.15) is 16.7 Å². The number of nitrogens with zero attached hydrogens (tertiary/aromatic N) is 2. The highest BCUT2D eigenvalue weighted by molar-refractivity contribution is 6.88. The lowest BCUT2D eigenvalue weighted by molar-refractivity contribution is 0.668. The van der Waals surface area contributed by atoms with Crippen LogP contribution in [0.1, 0.15) is 0 Å². The van der Waals surface area contributed by atoms with Crippen LogP contribution in [0.4, 0.5) is 34.1 Å². The molecule has 0 saturated heterocycles. The van der Waals surface area contributed by atoms with Crippen molar-refractivity contribution in [3.05, 3.63) is 212 Å². The van der Waals surface area contributed by atoms with Crippen molar-refractivity contribution in [1.82, 2.24) is 0 Å². The van der Waals surface area contributed by atoms with Gasteiger partial charge in [-0.05, 0) is 112 Å². The van der Waals surface area contributed by atoms with Crippen LogP contribution in [0, 0.1) is 0 Å². The van der Waals surface area contributed by atoms with Crippen LogP contribution in [0.2, 0.25) is 19.6 Å². The van der Waals surface area contributed by atoms with E-state index in [1.807, 2.05) is 12.1 Å². The summed E-state index contributed by atoms with van der Waals surface area (Å²) in [4.78, 5) is 4.61. The first-order chi connectivity index (χ1) is 31.4. The summed E-state index contributed by atoms with van der Waals surface area (Å²) >= 11 is 0. The SMILES string of the molecule is C[Si](C)(C)c1ccc(N(c2ccccc2)c2ccc(-c3ccc4c(c3)c3ccccc3c3c5ccc(N(c6ccccc6)c6cccc7c6oc6ccccc67)cc5oc43)cc2)cc1. The van der Waals surface area contributed by atoms with E-state index < -0.39 is 8.07 Å². The van der Waals surface area contributed by atoms with Crippen LogP contribution in [0.3, 0.4) is 0 Å². The third-order valence-electron chi connectivity index (χ3n) is 12.8. The molecule has 0 spiro atoms. The Balaban J connectivity index is 0.967. The first-order valence-electron chi connectivity index (χ1n) is 22.0. The third-order valence-corrected chi connectivity index (χ3v) is 14.9. The Morgan fingerprint density at radius 1 is 0.328 bits per heavy atom. The van der Waals surface area contributed by atoms with E-state index >= 15 is 0 Å². The molecule has 12 aromatic rings. The maximum absolute atomic E-state index is 7.02. The van der Waals surface area contributed by atoms with Gasteiger partial charge in [0.15, 0.2) is 5.58 Å². The van der Waals surface area contributed by atoms with Crippen LogP contribution in [0.25, 0.3) is 76.5 Å². The van der Waals surface area contributed by atoms with E-state index in [9.17, 15) is 0 Å². The summed E-state index contributed by atoms with van der Waals surface area (Å²) in [7, 11) is -1.43. The van der Waals surface area contributed by atoms with Gasteiger partial charge in [-0.2, -0.15) is 0 Å². The second-order valence-corrected chi connectivity index (χ2v) is 22.8. The molecule has 0 radical (unpaired) electrons. The Morgan fingerprint density at radius 3 is 1.58 bits per heavy atom. The third kappa shape index (κ3) is 6.27. The van der Waals surface area contributed by atoms with Gasteiger partial charge in [-0.25, -0.2) is 0 Å². The zero-order valence-corrected chi connectivity index (χ0v) is 36.9. The van der Waals surface area contributed by atoms with Crippen molar-refractivity contribution in [3.63, 3.8) is 0 Å². The largest absolute Gasteiger partial charge is 0.455 e. The maximum atomic E-state index is 7.02. The zero-order valence-electron chi connectivity index (χ0n) is 35.9. The fourth-order valence-corrected chi connectivity index (χ4v) is 10.8. The molecule has 2 aromatic heterocycles. The summed E-state index contributed by atoms with van der Waals surface area (Å²) in [5.41, 5.74) is 12.2. The highest BCUT2D eigenvalue weighted by Crippen LogP contribution is 2.46. The number of hydrogen-bond donors (Lipinski definition) is 0. The first-order valence-corrected chi connectivity index (χ1v) is 25.5. The maximum Gasteiger partial charge on any atom is 0.159 e. The second-order valence-electron chi connectivity index (χ2n) is 17.7. The second kappa shape index (κ2) is 14.9. The molecule has 0 bridgehead atoms. The normalized spacial score (nSPS) is 12.0. The van der Waals surface area contributed by atoms with Crippen LogP contribution in [0.5, 0.6) is 0 Å². The van der Waals surface area contributed by atoms with E-state index in [0.29, 0.717) is 0 Å². The number of anilines is 6. The predicted molar refractivity (Wildman–Crippen MR) is 274 cm³/mol. The molecular formula is C59H44N2O2Si. The Hall–Kier alpha value is -7.86. The molecule has 0 fully saturated rings. The summed E-state index contributed by atoms with van der Waals surface area (Å²) in [5, 5.41) is 10.5. The van der Waals surface area contributed by atoms with Crippen molar-refractivity contribution in [2.45, 2.75) is 19.6 Å². The van der Waals surface area contributed by atoms with E-state index in [-0.39, 0.29) is 0 Å². The molecule has 0 N–H and O–H groups in total. The molecule has 0 unspecified atom stereocenters. The Bertz CT molecular complexity index is 3700. The van der Waals surface area contributed by atoms with Crippen molar-refractivity contribution in [1.29, 1.82) is 0 Å². The highest BCUT2D eigenvalue weighted by atomic mass is 28.3. The summed E-state index contributed by atoms with van der Waals surface area (Å²) in [6, 6.07) is 76.1. The fourth-order valence-electron chi connectivity index (χ4n) is 9.61. The highest BCUT2D eigenvalue weighted by Gasteiger charge is 2.23. The summed E-state index contributed by atoms with van der Waals surface area (Å²) in [6.07, 6.45) is 0. The Labute approximate surface area is 372 Å². The molecule has 4 nitrogen and oxygen atoms in total. The predicted octanol–water partition coefficient (Wildman–Crippen LogP) is 16.9. The summed E-state index contributed by atoms with van der Waals surface area (Å²) in [6.45, 7) is 7.19. The molecule has 0 amide bonds. The van der Waals surface area contributed by atoms with Gasteiger partial charge in [0.05, 0.1) is 19.4 Å². The van der Waals surface area contributed by atoms with Gasteiger partial charge < -0.3 is 18.6 Å². The minimum absolute atomic E-state index is 0.834. The number of fused-ring (bicyclic) bond motifs is 11. The van der Waals surface area contributed by atoms with Gasteiger partial charge in [0.2, 0.25) is 0 Å². The minimum atomic E-state index is -1.43. The quantitative estimate of drug-likeness (QED) is 0.113. The van der Waals surface area contributed by atoms with Crippen molar-refractivity contribution in [3.8, 4) is 11.1 Å². The van der Waals surface area contributed by atoms with Crippen molar-refractivity contribution in [2.75, 3.05) is 9.80 Å². The molecule has 0 aliphatic heterocycles. The van der Waals surface area contributed by atoms with Crippen molar-refractivity contribution in [2.24, 2.45) is 0 Å². The van der Waals surface area contributed by atoms with Crippen LogP contribution < -0.4 is 15.0 Å². The first kappa shape index (κ1) is 37.9. The van der Waals surface area contributed by atoms with Crippen LogP contribution in [-0.4, -0.2) is 8.07 Å². The van der Waals surface area contributed by atoms with Gasteiger partial charge >= 0.3 is 0 Å². The molecule has 306 valence electrons. The lowest BCUT2D eigenvalue weighted by Gasteiger charge is -2.26. The smallest absolute Gasteiger partial charge is 0.159 e. The molecule has 0 aliphatic carbocycles. The molecule has 10 aromatic carbocycles. The van der Waals surface area contributed by atoms with Gasteiger partial charge in [-0.3, -0.25) is 0 Å². The average Bonchev–Trinajstić information content (AvgIpc) is 3.92. The van der Waals surface area contributed by atoms with Gasteiger partial charge in [-0.1, -0.05) is 146 Å². The van der Waals surface area contributed by atoms with E-state index in [4.69, 9.17) is 8.83 Å². The number of para-hydroxylation sites is 4. The number of rotatable bonds is 8. The number of hydrogen-bond acceptors (Lipinski definition) is 4. The molecule has 64 heavy (non-hydrogen) atoms. The minimum Gasteiger partial charge on any atom is -0.455 e. The Morgan fingerprint density at radius 2 is 0.859 bits per heavy atom. The standard InChI is InChI=1S/C59H44N2O2Si/c1-64(2,3)46-33-30-44(31-34-46)60(41-15-6-4-7-16-41)43-28-25-39(26-29-43)40-27-35-51-53(37-40)47-19-10-11-21-49(47)57-52-36-32-45(38-56(52)63-59(51)57)61(42-17-8-5-9-18-42)54-23-14-22-50-48-20-12-13-24-55(48)62-58(50)54/h4-38H,1-3H3. The molecule has 0 saturated carbocycles. The lowest BCUT2D eigenvalue weighted by Crippen LogP contribution is -2.37. The van der Waals surface area contributed by atoms with Gasteiger partial charge in [-0.15, -0.1) is 0 Å².